The lowest BCUT2D eigenvalue weighted by Gasteiger charge is -2.11. The first kappa shape index (κ1) is 13.6. The molecule has 2 N–H and O–H groups in total. The molecule has 1 aromatic heterocycles. The lowest BCUT2D eigenvalue weighted by Crippen LogP contribution is -2.26. The molecule has 0 fully saturated rings. The predicted octanol–water partition coefficient (Wildman–Crippen LogP) is 3.47. The highest BCUT2D eigenvalue weighted by atomic mass is 79.9. The molecule has 1 heterocycles. The van der Waals surface area contributed by atoms with Crippen LogP contribution in [0.5, 0.6) is 0 Å². The molecule has 2 aromatic rings. The number of thiazole rings is 1. The number of hydrogen-bond acceptors (Lipinski definition) is 3. The molecule has 0 aliphatic rings. The quantitative estimate of drug-likeness (QED) is 0.933. The molecule has 2 nitrogen and oxygen atoms in total. The van der Waals surface area contributed by atoms with Gasteiger partial charge in [-0.2, -0.15) is 0 Å². The fourth-order valence-corrected chi connectivity index (χ4v) is 2.77. The molecule has 1 aromatic carbocycles. The SMILES string of the molecule is Cc1nc(CC(N)Cc2ccc(Br)cc2F)cs1. The van der Waals surface area contributed by atoms with Gasteiger partial charge in [-0.1, -0.05) is 22.0 Å². The molecule has 2 rings (SSSR count). The van der Waals surface area contributed by atoms with E-state index >= 15 is 0 Å². The normalized spacial score (nSPS) is 12.7. The van der Waals surface area contributed by atoms with Gasteiger partial charge in [0.25, 0.3) is 0 Å². The van der Waals surface area contributed by atoms with Gasteiger partial charge in [0.15, 0.2) is 0 Å². The Hall–Kier alpha value is -0.780. The number of hydrogen-bond donors (Lipinski definition) is 1. The summed E-state index contributed by atoms with van der Waals surface area (Å²) in [5.41, 5.74) is 7.68. The van der Waals surface area contributed by atoms with Gasteiger partial charge in [0.05, 0.1) is 10.7 Å². The van der Waals surface area contributed by atoms with Crippen molar-refractivity contribution in [2.45, 2.75) is 25.8 Å². The molecular weight excluding hydrogens is 315 g/mol. The van der Waals surface area contributed by atoms with E-state index in [0.29, 0.717) is 18.4 Å². The summed E-state index contributed by atoms with van der Waals surface area (Å²) in [6, 6.07) is 4.96. The summed E-state index contributed by atoms with van der Waals surface area (Å²) in [5, 5.41) is 3.04. The van der Waals surface area contributed by atoms with E-state index < -0.39 is 0 Å². The van der Waals surface area contributed by atoms with Gasteiger partial charge in [0, 0.05) is 22.3 Å². The number of benzene rings is 1. The zero-order chi connectivity index (χ0) is 13.1. The fourth-order valence-electron chi connectivity index (χ4n) is 1.81. The monoisotopic (exact) mass is 328 g/mol. The van der Waals surface area contributed by atoms with Crippen molar-refractivity contribution in [3.63, 3.8) is 0 Å². The molecule has 0 radical (unpaired) electrons. The zero-order valence-electron chi connectivity index (χ0n) is 9.99. The van der Waals surface area contributed by atoms with Gasteiger partial charge in [-0.05, 0) is 31.0 Å². The fraction of sp³-hybridized carbons (Fsp3) is 0.308. The van der Waals surface area contributed by atoms with Crippen molar-refractivity contribution in [3.05, 3.63) is 50.1 Å². The molecule has 0 aliphatic carbocycles. The number of rotatable bonds is 4. The topological polar surface area (TPSA) is 38.9 Å². The van der Waals surface area contributed by atoms with Crippen LogP contribution in [-0.4, -0.2) is 11.0 Å². The van der Waals surface area contributed by atoms with Crippen LogP contribution in [0.3, 0.4) is 0 Å². The van der Waals surface area contributed by atoms with E-state index in [2.05, 4.69) is 20.9 Å². The Kier molecular flexibility index (Phi) is 4.48. The van der Waals surface area contributed by atoms with Crippen LogP contribution in [0.4, 0.5) is 4.39 Å². The molecule has 5 heteroatoms. The highest BCUT2D eigenvalue weighted by Gasteiger charge is 2.11. The van der Waals surface area contributed by atoms with Gasteiger partial charge in [0.1, 0.15) is 5.82 Å². The molecular formula is C13H14BrFN2S. The number of nitrogens with two attached hydrogens (primary N) is 1. The van der Waals surface area contributed by atoms with Crippen molar-refractivity contribution in [3.8, 4) is 0 Å². The minimum absolute atomic E-state index is 0.109. The first-order chi connectivity index (χ1) is 8.54. The molecule has 0 spiro atoms. The predicted molar refractivity (Wildman–Crippen MR) is 76.3 cm³/mol. The van der Waals surface area contributed by atoms with Crippen LogP contribution < -0.4 is 5.73 Å². The highest BCUT2D eigenvalue weighted by molar-refractivity contribution is 9.10. The first-order valence-corrected chi connectivity index (χ1v) is 7.32. The summed E-state index contributed by atoms with van der Waals surface area (Å²) >= 11 is 4.85. The van der Waals surface area contributed by atoms with Crippen LogP contribution in [-0.2, 0) is 12.8 Å². The summed E-state index contributed by atoms with van der Waals surface area (Å²) in [5.74, 6) is -0.214. The van der Waals surface area contributed by atoms with Crippen molar-refractivity contribution < 1.29 is 4.39 Å². The van der Waals surface area contributed by atoms with Crippen molar-refractivity contribution in [2.24, 2.45) is 5.73 Å². The molecule has 1 atom stereocenters. The molecule has 1 unspecified atom stereocenters. The van der Waals surface area contributed by atoms with Crippen LogP contribution in [0.2, 0.25) is 0 Å². The largest absolute Gasteiger partial charge is 0.327 e. The van der Waals surface area contributed by atoms with Gasteiger partial charge in [-0.15, -0.1) is 11.3 Å². The van der Waals surface area contributed by atoms with Crippen molar-refractivity contribution in [1.29, 1.82) is 0 Å². The molecule has 0 saturated carbocycles. The minimum atomic E-state index is -0.214. The molecule has 0 amide bonds. The lowest BCUT2D eigenvalue weighted by molar-refractivity contribution is 0.581. The van der Waals surface area contributed by atoms with E-state index in [4.69, 9.17) is 5.73 Å². The standard InChI is InChI=1S/C13H14BrFN2S/c1-8-17-12(7-18-8)6-11(16)4-9-2-3-10(14)5-13(9)15/h2-3,5,7,11H,4,6,16H2,1H3. The van der Waals surface area contributed by atoms with Crippen LogP contribution in [0.15, 0.2) is 28.1 Å². The van der Waals surface area contributed by atoms with E-state index in [-0.39, 0.29) is 11.9 Å². The third-order valence-electron chi connectivity index (χ3n) is 2.64. The minimum Gasteiger partial charge on any atom is -0.327 e. The summed E-state index contributed by atoms with van der Waals surface area (Å²) in [6.07, 6.45) is 1.20. The van der Waals surface area contributed by atoms with Gasteiger partial charge < -0.3 is 5.73 Å². The van der Waals surface area contributed by atoms with E-state index in [1.165, 1.54) is 6.07 Å². The Morgan fingerprint density at radius 2 is 2.22 bits per heavy atom. The number of halogens is 2. The number of nitrogens with zero attached hydrogens (tertiary/aromatic N) is 1. The van der Waals surface area contributed by atoms with Crippen molar-refractivity contribution in [2.75, 3.05) is 0 Å². The van der Waals surface area contributed by atoms with Gasteiger partial charge in [0.2, 0.25) is 0 Å². The summed E-state index contributed by atoms with van der Waals surface area (Å²) < 4.78 is 14.4. The van der Waals surface area contributed by atoms with Crippen molar-refractivity contribution in [1.82, 2.24) is 4.98 Å². The number of aryl methyl sites for hydroxylation is 1. The second-order valence-electron chi connectivity index (χ2n) is 4.26. The molecule has 0 bridgehead atoms. The van der Waals surface area contributed by atoms with Gasteiger partial charge in [-0.25, -0.2) is 9.37 Å². The molecule has 0 saturated heterocycles. The maximum Gasteiger partial charge on any atom is 0.127 e. The molecule has 0 aliphatic heterocycles. The lowest BCUT2D eigenvalue weighted by atomic mass is 10.0. The summed E-state index contributed by atoms with van der Waals surface area (Å²) in [6.45, 7) is 1.97. The van der Waals surface area contributed by atoms with Crippen molar-refractivity contribution >= 4 is 27.3 Å². The molecule has 96 valence electrons. The smallest absolute Gasteiger partial charge is 0.127 e. The third-order valence-corrected chi connectivity index (χ3v) is 3.95. The third kappa shape index (κ3) is 3.60. The highest BCUT2D eigenvalue weighted by Crippen LogP contribution is 2.17. The summed E-state index contributed by atoms with van der Waals surface area (Å²) in [4.78, 5) is 4.37. The Balaban J connectivity index is 2.00. The second-order valence-corrected chi connectivity index (χ2v) is 6.24. The Labute approximate surface area is 118 Å². The van der Waals surface area contributed by atoms with Crippen LogP contribution in [0.25, 0.3) is 0 Å². The van der Waals surface area contributed by atoms with E-state index in [0.717, 1.165) is 15.2 Å². The van der Waals surface area contributed by atoms with Crippen LogP contribution >= 0.6 is 27.3 Å². The Morgan fingerprint density at radius 1 is 1.44 bits per heavy atom. The number of aromatic nitrogens is 1. The van der Waals surface area contributed by atoms with E-state index in [9.17, 15) is 4.39 Å². The van der Waals surface area contributed by atoms with E-state index in [1.54, 1.807) is 17.4 Å². The maximum absolute atomic E-state index is 13.7. The maximum atomic E-state index is 13.7. The van der Waals surface area contributed by atoms with E-state index in [1.807, 2.05) is 18.4 Å². The summed E-state index contributed by atoms with van der Waals surface area (Å²) in [7, 11) is 0. The molecule has 18 heavy (non-hydrogen) atoms. The Bertz CT molecular complexity index is 542. The second kappa shape index (κ2) is 5.91. The average Bonchev–Trinajstić information content (AvgIpc) is 2.68. The van der Waals surface area contributed by atoms with Crippen LogP contribution in [0.1, 0.15) is 16.3 Å². The van der Waals surface area contributed by atoms with Gasteiger partial charge >= 0.3 is 0 Å². The van der Waals surface area contributed by atoms with Crippen LogP contribution in [0, 0.1) is 12.7 Å². The Morgan fingerprint density at radius 3 is 2.83 bits per heavy atom. The average molecular weight is 329 g/mol. The van der Waals surface area contributed by atoms with Gasteiger partial charge in [-0.3, -0.25) is 0 Å². The first-order valence-electron chi connectivity index (χ1n) is 5.65. The zero-order valence-corrected chi connectivity index (χ0v) is 12.4.